The van der Waals surface area contributed by atoms with E-state index in [9.17, 15) is 4.79 Å². The van der Waals surface area contributed by atoms with Crippen molar-refractivity contribution >= 4 is 5.97 Å². The van der Waals surface area contributed by atoms with Crippen molar-refractivity contribution in [1.29, 1.82) is 0 Å². The van der Waals surface area contributed by atoms with E-state index in [0.717, 1.165) is 11.3 Å². The fourth-order valence-corrected chi connectivity index (χ4v) is 1.23. The smallest absolute Gasteiger partial charge is 0.307 e. The Morgan fingerprint density at radius 2 is 1.93 bits per heavy atom. The molecule has 0 saturated heterocycles. The lowest BCUT2D eigenvalue weighted by Gasteiger charge is -2.10. The van der Waals surface area contributed by atoms with Gasteiger partial charge in [0.2, 0.25) is 0 Å². The van der Waals surface area contributed by atoms with E-state index in [1.54, 1.807) is 7.11 Å². The summed E-state index contributed by atoms with van der Waals surface area (Å²) in [6.45, 7) is 0. The van der Waals surface area contributed by atoms with Crippen LogP contribution in [0, 0.1) is 0 Å². The Morgan fingerprint density at radius 3 is 2.40 bits per heavy atom. The summed E-state index contributed by atoms with van der Waals surface area (Å²) in [5, 5.41) is 0. The van der Waals surface area contributed by atoms with E-state index in [-0.39, 0.29) is 18.4 Å². The van der Waals surface area contributed by atoms with E-state index >= 15 is 0 Å². The van der Waals surface area contributed by atoms with Crippen LogP contribution in [0.25, 0.3) is 0 Å². The first-order chi connectivity index (χ1) is 7.17. The van der Waals surface area contributed by atoms with Gasteiger partial charge in [-0.3, -0.25) is 4.79 Å². The van der Waals surface area contributed by atoms with Crippen molar-refractivity contribution < 1.29 is 14.3 Å². The van der Waals surface area contributed by atoms with Crippen molar-refractivity contribution in [2.75, 3.05) is 14.2 Å². The Labute approximate surface area is 89.0 Å². The molecule has 0 bridgehead atoms. The molecule has 0 amide bonds. The molecule has 0 aromatic heterocycles. The molecule has 1 atom stereocenters. The average Bonchev–Trinajstić information content (AvgIpc) is 2.29. The number of hydrogen-bond donors (Lipinski definition) is 1. The van der Waals surface area contributed by atoms with Crippen LogP contribution in [-0.2, 0) is 9.53 Å². The molecular weight excluding hydrogens is 194 g/mol. The molecule has 15 heavy (non-hydrogen) atoms. The number of methoxy groups -OCH3 is 2. The van der Waals surface area contributed by atoms with Gasteiger partial charge in [-0.05, 0) is 17.7 Å². The monoisotopic (exact) mass is 209 g/mol. The zero-order valence-electron chi connectivity index (χ0n) is 8.90. The quantitative estimate of drug-likeness (QED) is 0.758. The van der Waals surface area contributed by atoms with Gasteiger partial charge in [-0.2, -0.15) is 0 Å². The van der Waals surface area contributed by atoms with Gasteiger partial charge in [0.1, 0.15) is 5.75 Å². The molecule has 82 valence electrons. The Kier molecular flexibility index (Phi) is 4.12. The molecule has 0 spiro atoms. The normalized spacial score (nSPS) is 11.9. The van der Waals surface area contributed by atoms with Gasteiger partial charge in [0.05, 0.1) is 20.6 Å². The number of rotatable bonds is 4. The van der Waals surface area contributed by atoms with Gasteiger partial charge in [0.25, 0.3) is 0 Å². The molecule has 0 aliphatic heterocycles. The van der Waals surface area contributed by atoms with Gasteiger partial charge in [0.15, 0.2) is 0 Å². The van der Waals surface area contributed by atoms with Crippen LogP contribution in [0.15, 0.2) is 24.3 Å². The first-order valence-corrected chi connectivity index (χ1v) is 4.63. The van der Waals surface area contributed by atoms with Gasteiger partial charge in [0, 0.05) is 6.04 Å². The number of hydrogen-bond acceptors (Lipinski definition) is 4. The maximum absolute atomic E-state index is 11.0. The predicted molar refractivity (Wildman–Crippen MR) is 56.6 cm³/mol. The minimum atomic E-state index is -0.330. The fourth-order valence-electron chi connectivity index (χ4n) is 1.23. The van der Waals surface area contributed by atoms with Crippen LogP contribution in [0.1, 0.15) is 18.0 Å². The number of carbonyl (C=O) groups is 1. The second kappa shape index (κ2) is 5.36. The van der Waals surface area contributed by atoms with Crippen molar-refractivity contribution in [2.45, 2.75) is 12.5 Å². The van der Waals surface area contributed by atoms with E-state index in [0.29, 0.717) is 0 Å². The highest BCUT2D eigenvalue weighted by molar-refractivity contribution is 5.70. The van der Waals surface area contributed by atoms with Crippen LogP contribution < -0.4 is 10.5 Å². The SMILES string of the molecule is COC(=O)C[C@@H](N)c1ccc(OC)cc1. The zero-order chi connectivity index (χ0) is 11.3. The van der Waals surface area contributed by atoms with Crippen LogP contribution in [0.4, 0.5) is 0 Å². The molecule has 1 aromatic rings. The summed E-state index contributed by atoms with van der Waals surface area (Å²) in [6.07, 6.45) is 0.183. The van der Waals surface area contributed by atoms with Gasteiger partial charge in [-0.15, -0.1) is 0 Å². The first kappa shape index (κ1) is 11.5. The topological polar surface area (TPSA) is 61.5 Å². The van der Waals surface area contributed by atoms with Crippen LogP contribution in [0.3, 0.4) is 0 Å². The maximum Gasteiger partial charge on any atom is 0.307 e. The zero-order valence-corrected chi connectivity index (χ0v) is 8.90. The lowest BCUT2D eigenvalue weighted by molar-refractivity contribution is -0.141. The number of carbonyl (C=O) groups excluding carboxylic acids is 1. The summed E-state index contributed by atoms with van der Waals surface area (Å²) < 4.78 is 9.56. The van der Waals surface area contributed by atoms with Gasteiger partial charge in [-0.1, -0.05) is 12.1 Å². The number of nitrogens with two attached hydrogens (primary N) is 1. The maximum atomic E-state index is 11.0. The Balaban J connectivity index is 2.65. The van der Waals surface area contributed by atoms with Crippen molar-refractivity contribution in [3.05, 3.63) is 29.8 Å². The summed E-state index contributed by atoms with van der Waals surface area (Å²) >= 11 is 0. The van der Waals surface area contributed by atoms with Gasteiger partial charge >= 0.3 is 5.97 Å². The van der Waals surface area contributed by atoms with Crippen LogP contribution in [-0.4, -0.2) is 20.2 Å². The molecule has 0 radical (unpaired) electrons. The highest BCUT2D eigenvalue weighted by atomic mass is 16.5. The largest absolute Gasteiger partial charge is 0.497 e. The molecule has 4 heteroatoms. The number of benzene rings is 1. The Bertz CT molecular complexity index is 321. The Morgan fingerprint density at radius 1 is 1.33 bits per heavy atom. The molecule has 1 rings (SSSR count). The summed E-state index contributed by atoms with van der Waals surface area (Å²) in [5.74, 6) is 0.460. The minimum absolute atomic E-state index is 0.183. The second-order valence-electron chi connectivity index (χ2n) is 3.16. The standard InChI is InChI=1S/C11H15NO3/c1-14-9-5-3-8(4-6-9)10(12)7-11(13)15-2/h3-6,10H,7,12H2,1-2H3/t10-/m1/s1. The molecule has 0 saturated carbocycles. The van der Waals surface area contributed by atoms with E-state index in [1.807, 2.05) is 24.3 Å². The first-order valence-electron chi connectivity index (χ1n) is 4.63. The van der Waals surface area contributed by atoms with Gasteiger partial charge in [-0.25, -0.2) is 0 Å². The van der Waals surface area contributed by atoms with Crippen LogP contribution in [0.5, 0.6) is 5.75 Å². The fraction of sp³-hybridized carbons (Fsp3) is 0.364. The number of ether oxygens (including phenoxy) is 2. The second-order valence-corrected chi connectivity index (χ2v) is 3.16. The summed E-state index contributed by atoms with van der Waals surface area (Å²) in [5.41, 5.74) is 6.71. The number of esters is 1. The molecule has 0 heterocycles. The third-order valence-corrected chi connectivity index (χ3v) is 2.16. The Hall–Kier alpha value is -1.55. The third kappa shape index (κ3) is 3.25. The van der Waals surface area contributed by atoms with E-state index in [1.165, 1.54) is 7.11 Å². The molecule has 2 N–H and O–H groups in total. The molecule has 0 fully saturated rings. The van der Waals surface area contributed by atoms with Crippen LogP contribution >= 0.6 is 0 Å². The van der Waals surface area contributed by atoms with E-state index < -0.39 is 0 Å². The van der Waals surface area contributed by atoms with Crippen molar-refractivity contribution in [3.63, 3.8) is 0 Å². The summed E-state index contributed by atoms with van der Waals surface area (Å²) in [7, 11) is 2.95. The van der Waals surface area contributed by atoms with Crippen LogP contribution in [0.2, 0.25) is 0 Å². The van der Waals surface area contributed by atoms with Gasteiger partial charge < -0.3 is 15.2 Å². The molecule has 1 aromatic carbocycles. The average molecular weight is 209 g/mol. The van der Waals surface area contributed by atoms with Crippen molar-refractivity contribution in [1.82, 2.24) is 0 Å². The lowest BCUT2D eigenvalue weighted by atomic mass is 10.0. The molecular formula is C11H15NO3. The third-order valence-electron chi connectivity index (χ3n) is 2.16. The van der Waals surface area contributed by atoms with E-state index in [2.05, 4.69) is 4.74 Å². The van der Waals surface area contributed by atoms with E-state index in [4.69, 9.17) is 10.5 Å². The lowest BCUT2D eigenvalue weighted by Crippen LogP contribution is -2.16. The minimum Gasteiger partial charge on any atom is -0.497 e. The highest BCUT2D eigenvalue weighted by Gasteiger charge is 2.11. The molecule has 0 unspecified atom stereocenters. The predicted octanol–water partition coefficient (Wildman–Crippen LogP) is 1.26. The molecule has 0 aliphatic carbocycles. The molecule has 4 nitrogen and oxygen atoms in total. The summed E-state index contributed by atoms with van der Waals surface area (Å²) in [4.78, 5) is 11.0. The van der Waals surface area contributed by atoms with Crippen molar-refractivity contribution in [2.24, 2.45) is 5.73 Å². The van der Waals surface area contributed by atoms with Crippen molar-refractivity contribution in [3.8, 4) is 5.75 Å². The highest BCUT2D eigenvalue weighted by Crippen LogP contribution is 2.18. The molecule has 0 aliphatic rings. The summed E-state index contributed by atoms with van der Waals surface area (Å²) in [6, 6.07) is 6.97.